The third-order valence-corrected chi connectivity index (χ3v) is 20.4. The molecule has 0 spiro atoms. The first-order valence-corrected chi connectivity index (χ1v) is 30.2. The predicted molar refractivity (Wildman–Crippen MR) is 365 cm³/mol. The highest BCUT2D eigenvalue weighted by atomic mass is 28.3. The van der Waals surface area contributed by atoms with E-state index in [1.807, 2.05) is 48.5 Å². The van der Waals surface area contributed by atoms with Gasteiger partial charge in [-0.05, 0) is 136 Å². The van der Waals surface area contributed by atoms with Crippen LogP contribution in [0, 0.1) is 6.33 Å². The van der Waals surface area contributed by atoms with Crippen LogP contribution in [0.4, 0.5) is 0 Å². The van der Waals surface area contributed by atoms with E-state index in [2.05, 4.69) is 31.7 Å². The second-order valence-electron chi connectivity index (χ2n) is 22.2. The van der Waals surface area contributed by atoms with Crippen molar-refractivity contribution < 1.29 is 43.6 Å². The summed E-state index contributed by atoms with van der Waals surface area (Å²) in [6, 6.07) is 21.6. The van der Waals surface area contributed by atoms with Gasteiger partial charge in [-0.2, -0.15) is 0 Å². The van der Waals surface area contributed by atoms with Crippen molar-refractivity contribution in [3.63, 3.8) is 0 Å². The van der Waals surface area contributed by atoms with Gasteiger partial charge in [-0.1, -0.05) is 269 Å². The minimum atomic E-state index is -6.07. The average Bonchev–Trinajstić information content (AvgIpc) is 1.48. The van der Waals surface area contributed by atoms with E-state index in [-0.39, 0.29) is 88.8 Å². The van der Waals surface area contributed by atoms with Gasteiger partial charge in [0.2, 0.25) is 0 Å². The molecule has 88 heavy (non-hydrogen) atoms. The van der Waals surface area contributed by atoms with Gasteiger partial charge in [-0.3, -0.25) is 13.7 Å². The quantitative estimate of drug-likeness (QED) is 0.0592. The molecule has 6 heteroatoms. The van der Waals surface area contributed by atoms with E-state index in [9.17, 15) is 24.7 Å². The number of imidazole rings is 1. The SMILES string of the molecule is [2H]c1c([2H])c([2H])c(-c2cccc3c2-c2cccc(-c4c([2H])c([2H])c([2H])c([2H])c4[2H])c2-[n+]2[c-]n(-c4cccc(Oc5ccc6c7ccccc7n(-c7cc(C(C)(C)C)ccn7)c6c5)c4)c4cc([Si](c5c([2H])c([2H])c([2H])c([2H])c5[2H])(c5c([2H])c([2H])c([2H])c([2H])c5[2H])c5c([2H])c([2H])c([2H])c([2H])c5[2H])cc(c42)-c2ccccc2-3)c([2H])c1[2H]. The maximum atomic E-state index is 10.2. The first-order valence-electron chi connectivity index (χ1n) is 40.7. The molecule has 0 saturated heterocycles. The lowest BCUT2D eigenvalue weighted by Crippen LogP contribution is -2.74. The van der Waals surface area contributed by atoms with Crippen LogP contribution in [0.25, 0.3) is 106 Å². The first kappa shape index (κ1) is 32.5. The molecule has 0 bridgehead atoms. The van der Waals surface area contributed by atoms with Crippen molar-refractivity contribution in [3.8, 4) is 84.3 Å². The summed E-state index contributed by atoms with van der Waals surface area (Å²) in [6.07, 6.45) is 5.33. The molecule has 15 aromatic rings. The van der Waals surface area contributed by atoms with Gasteiger partial charge in [0.1, 0.15) is 17.3 Å². The van der Waals surface area contributed by atoms with Crippen molar-refractivity contribution in [3.05, 3.63) is 321 Å². The lowest BCUT2D eigenvalue weighted by molar-refractivity contribution is -0.570. The number of para-hydroxylation sites is 2. The zero-order chi connectivity index (χ0) is 80.7. The molecule has 0 saturated carbocycles. The number of rotatable bonds is 10. The summed E-state index contributed by atoms with van der Waals surface area (Å²) in [5.74, 6) is 1.19. The van der Waals surface area contributed by atoms with E-state index >= 15 is 0 Å². The highest BCUT2D eigenvalue weighted by Gasteiger charge is 2.43. The maximum absolute atomic E-state index is 10.2. The zero-order valence-corrected chi connectivity index (χ0v) is 48.2. The van der Waals surface area contributed by atoms with E-state index in [0.717, 1.165) is 27.4 Å². The highest BCUT2D eigenvalue weighted by Crippen LogP contribution is 2.49. The number of fused-ring (bicyclic) bond motifs is 10. The van der Waals surface area contributed by atoms with Crippen LogP contribution < -0.4 is 30.1 Å². The molecular formula is C82H60N4OSi. The molecule has 3 aromatic heterocycles. The number of ether oxygens (including phenoxy) is 1. The van der Waals surface area contributed by atoms with Crippen LogP contribution in [-0.2, 0) is 5.41 Å². The van der Waals surface area contributed by atoms with Gasteiger partial charge in [-0.25, -0.2) is 4.98 Å². The Morgan fingerprint density at radius 2 is 0.989 bits per heavy atom. The summed E-state index contributed by atoms with van der Waals surface area (Å²) in [5.41, 5.74) is 3.07. The van der Waals surface area contributed by atoms with Gasteiger partial charge < -0.3 is 4.74 Å². The number of pyridine rings is 1. The van der Waals surface area contributed by atoms with Crippen LogP contribution in [-0.4, -0.2) is 22.2 Å². The summed E-state index contributed by atoms with van der Waals surface area (Å²) in [7, 11) is -6.07. The number of hydrogen-bond acceptors (Lipinski definition) is 2. The molecule has 12 aromatic carbocycles. The molecule has 0 atom stereocenters. The Bertz CT molecular complexity index is 6440. The fourth-order valence-corrected chi connectivity index (χ4v) is 16.2. The van der Waals surface area contributed by atoms with Crippen LogP contribution >= 0.6 is 0 Å². The molecule has 5 nitrogen and oxygen atoms in total. The Hall–Kier alpha value is -10.9. The smallest absolute Gasteiger partial charge is 0.269 e. The standard InChI is InChI=1S/C82H60N4OSi/c1-82(2,3)58-48-49-83-78(50-58)86-75-45-22-21-40-70(75)71-47-46-61(52-76(71)86)87-60-31-23-30-59(51-60)84-55-85-80-67(57-28-11-5-12-29-57)42-25-44-73(80)79-66(56-26-9-4-10-27-56)41-24-43-72(79)68-38-19-20-39-69(68)74-53-65(54-77(84)81(74)85)88(62-32-13-6-14-33-62,63-34-15-7-16-35-63)64-36-17-8-18-37-64/h4-54H,1-3H3/i4D,5D,6D,7D,8D,9D,10D,11D,12D,13D,14D,15D,16D,17D,18D,26D,27D,28D,29D,32D,33D,34D,35D,36D,37D. The van der Waals surface area contributed by atoms with Gasteiger partial charge in [0, 0.05) is 23.0 Å². The van der Waals surface area contributed by atoms with Crippen molar-refractivity contribution in [2.75, 3.05) is 0 Å². The van der Waals surface area contributed by atoms with Gasteiger partial charge in [-0.15, -0.1) is 0 Å². The molecule has 16 rings (SSSR count). The van der Waals surface area contributed by atoms with Crippen LogP contribution in [0.15, 0.2) is 309 Å². The first-order chi connectivity index (χ1) is 53.6. The van der Waals surface area contributed by atoms with Gasteiger partial charge >= 0.3 is 0 Å². The van der Waals surface area contributed by atoms with Crippen molar-refractivity contribution in [2.45, 2.75) is 26.2 Å². The molecule has 0 fully saturated rings. The van der Waals surface area contributed by atoms with Gasteiger partial charge in [0.15, 0.2) is 8.07 Å². The molecule has 0 amide bonds. The molecule has 4 heterocycles. The normalized spacial score (nSPS) is 16.0. The molecule has 0 N–H and O–H groups in total. The molecule has 418 valence electrons. The lowest BCUT2D eigenvalue weighted by atomic mass is 9.84. The number of nitrogens with zero attached hydrogens (tertiary/aromatic N) is 4. The molecular weight excluding hydrogens is 1090 g/mol. The number of benzene rings is 12. The Morgan fingerprint density at radius 3 is 1.66 bits per heavy atom. The van der Waals surface area contributed by atoms with Gasteiger partial charge in [0.25, 0.3) is 6.33 Å². The third kappa shape index (κ3) is 8.66. The monoisotopic (exact) mass is 1170 g/mol. The molecule has 1 aliphatic rings. The minimum Gasteiger partial charge on any atom is -0.458 e. The highest BCUT2D eigenvalue weighted by molar-refractivity contribution is 7.20. The van der Waals surface area contributed by atoms with E-state index < -0.39 is 175 Å². The Labute approximate surface area is 549 Å². The predicted octanol–water partition coefficient (Wildman–Crippen LogP) is 17.3. The Morgan fingerprint density at radius 1 is 0.443 bits per heavy atom. The van der Waals surface area contributed by atoms with Crippen LogP contribution in [0.3, 0.4) is 0 Å². The van der Waals surface area contributed by atoms with Crippen LogP contribution in [0.1, 0.15) is 60.6 Å². The zero-order valence-electron chi connectivity index (χ0n) is 72.2. The fourth-order valence-electron chi connectivity index (χ4n) is 12.4. The van der Waals surface area contributed by atoms with Crippen molar-refractivity contribution in [2.24, 2.45) is 0 Å². The van der Waals surface area contributed by atoms with Crippen molar-refractivity contribution in [1.82, 2.24) is 14.1 Å². The van der Waals surface area contributed by atoms with Crippen LogP contribution in [0.2, 0.25) is 0 Å². The van der Waals surface area contributed by atoms with E-state index in [1.54, 1.807) is 91.1 Å². The Kier molecular flexibility index (Phi) is 7.86. The average molecular weight is 1170 g/mol. The topological polar surface area (TPSA) is 35.9 Å². The van der Waals surface area contributed by atoms with E-state index in [4.69, 9.17) is 19.3 Å². The lowest BCUT2D eigenvalue weighted by Gasteiger charge is -2.35. The molecule has 0 aliphatic carbocycles. The third-order valence-electron chi connectivity index (χ3n) is 16.2. The van der Waals surface area contributed by atoms with E-state index in [1.165, 1.54) is 27.3 Å². The van der Waals surface area contributed by atoms with Crippen molar-refractivity contribution >= 4 is 61.7 Å². The second-order valence-corrected chi connectivity index (χ2v) is 25.7. The maximum Gasteiger partial charge on any atom is 0.269 e. The minimum absolute atomic E-state index is 0.0263. The van der Waals surface area contributed by atoms with E-state index in [0.29, 0.717) is 17.1 Å². The summed E-state index contributed by atoms with van der Waals surface area (Å²) in [5, 5.41) is -0.855. The summed E-state index contributed by atoms with van der Waals surface area (Å²) in [6.45, 7) is 6.34. The van der Waals surface area contributed by atoms with Gasteiger partial charge in [0.05, 0.1) is 67.7 Å². The van der Waals surface area contributed by atoms with Crippen LogP contribution in [0.5, 0.6) is 11.5 Å². The molecule has 0 radical (unpaired) electrons. The molecule has 0 unspecified atom stereocenters. The number of aromatic nitrogens is 4. The van der Waals surface area contributed by atoms with Crippen molar-refractivity contribution in [1.29, 1.82) is 0 Å². The second kappa shape index (κ2) is 21.2. The largest absolute Gasteiger partial charge is 0.458 e. The summed E-state index contributed by atoms with van der Waals surface area (Å²) < 4.78 is 250. The fraction of sp³-hybridized carbons (Fsp3) is 0.0488. The number of hydrogen-bond donors (Lipinski definition) is 0. The summed E-state index contributed by atoms with van der Waals surface area (Å²) >= 11 is 0. The molecule has 1 aliphatic heterocycles. The summed E-state index contributed by atoms with van der Waals surface area (Å²) in [4.78, 5) is 4.87. The Balaban J connectivity index is 1.12.